The molecule has 2 aliphatic heterocycles. The Labute approximate surface area is 230 Å². The summed E-state index contributed by atoms with van der Waals surface area (Å²) < 4.78 is 30.3. The highest BCUT2D eigenvalue weighted by Crippen LogP contribution is 2.40. The van der Waals surface area contributed by atoms with Gasteiger partial charge in [-0.3, -0.25) is 24.8 Å². The lowest BCUT2D eigenvalue weighted by molar-refractivity contribution is -0.122. The molecule has 39 heavy (non-hydrogen) atoms. The second-order valence-electron chi connectivity index (χ2n) is 10.2. The van der Waals surface area contributed by atoms with E-state index in [1.54, 1.807) is 17.8 Å². The van der Waals surface area contributed by atoms with Gasteiger partial charge in [-0.25, -0.2) is 0 Å². The van der Waals surface area contributed by atoms with Gasteiger partial charge in [0.25, 0.3) is 11.8 Å². The molecule has 0 aliphatic carbocycles. The van der Waals surface area contributed by atoms with Crippen molar-refractivity contribution in [1.82, 2.24) is 24.3 Å². The summed E-state index contributed by atoms with van der Waals surface area (Å²) >= 11 is 0. The minimum Gasteiger partial charge on any atom is -0.350 e. The van der Waals surface area contributed by atoms with Gasteiger partial charge in [0.15, 0.2) is 1.41 Å². The number of nitrogens with zero attached hydrogens (tertiary/aromatic N) is 4. The van der Waals surface area contributed by atoms with Gasteiger partial charge in [-0.1, -0.05) is 42.5 Å². The average molecular weight is 519 g/mol. The topological polar surface area (TPSA) is 72.2 Å². The van der Waals surface area contributed by atoms with Crippen LogP contribution in [0.2, 0.25) is 1.41 Å². The van der Waals surface area contributed by atoms with Crippen LogP contribution in [-0.2, 0) is 23.2 Å². The lowest BCUT2D eigenvalue weighted by Crippen LogP contribution is -2.34. The predicted octanol–water partition coefficient (Wildman–Crippen LogP) is 4.93. The van der Waals surface area contributed by atoms with Crippen molar-refractivity contribution in [1.29, 1.82) is 0 Å². The van der Waals surface area contributed by atoms with E-state index in [2.05, 4.69) is 9.88 Å². The maximum absolute atomic E-state index is 13.6. The molecule has 3 aromatic heterocycles. The number of piperidine rings is 1. The number of imide groups is 1. The molecule has 0 atom stereocenters. The quantitative estimate of drug-likeness (QED) is 0.335. The molecular weight excluding hydrogens is 486 g/mol. The third kappa shape index (κ3) is 3.97. The zero-order valence-electron chi connectivity index (χ0n) is 24.6. The molecule has 5 aromatic rings. The molecule has 2 amide bonds. The van der Waals surface area contributed by atoms with Crippen LogP contribution < -0.4 is 5.31 Å². The Morgan fingerprint density at radius 1 is 0.872 bits per heavy atom. The molecule has 2 aliphatic rings. The molecule has 194 valence electrons. The minimum absolute atomic E-state index is 0.0124. The number of amides is 2. The molecule has 0 radical (unpaired) electrons. The largest absolute Gasteiger partial charge is 0.350 e. The fourth-order valence-electron chi connectivity index (χ4n) is 6.01. The summed E-state index contributed by atoms with van der Waals surface area (Å²) in [4.78, 5) is 34.0. The Morgan fingerprint density at radius 3 is 2.18 bits per heavy atom. The Bertz CT molecular complexity index is 1920. The first-order chi connectivity index (χ1) is 20.4. The van der Waals surface area contributed by atoms with Gasteiger partial charge in [-0.05, 0) is 37.1 Å². The van der Waals surface area contributed by atoms with Crippen molar-refractivity contribution >= 4 is 44.8 Å². The second kappa shape index (κ2) is 9.36. The molecule has 7 rings (SSSR count). The SMILES string of the molecule is [2H]c1c(C2=C(c3c([2H])n(C4CCN(Cc5ccccn5)CC4)c4ccccc34)C(=O)N([2H])C2=O)c2ccccc2n1C. The second-order valence-corrected chi connectivity index (χ2v) is 10.2. The van der Waals surface area contributed by atoms with E-state index in [4.69, 9.17) is 2.78 Å². The summed E-state index contributed by atoms with van der Waals surface area (Å²) in [6.45, 7) is 2.45. The lowest BCUT2D eigenvalue weighted by atomic mass is 9.95. The van der Waals surface area contributed by atoms with E-state index in [9.17, 15) is 11.0 Å². The number of carbonyl (C=O) groups excluding carboxylic acids is 2. The van der Waals surface area contributed by atoms with E-state index < -0.39 is 11.8 Å². The van der Waals surface area contributed by atoms with Crippen molar-refractivity contribution in [2.24, 2.45) is 7.05 Å². The van der Waals surface area contributed by atoms with Crippen LogP contribution in [0, 0.1) is 0 Å². The highest BCUT2D eigenvalue weighted by Gasteiger charge is 2.36. The summed E-state index contributed by atoms with van der Waals surface area (Å²) in [6, 6.07) is 20.9. The first-order valence-corrected chi connectivity index (χ1v) is 13.2. The Hall–Kier alpha value is -4.49. The van der Waals surface area contributed by atoms with E-state index in [1.807, 2.05) is 71.3 Å². The van der Waals surface area contributed by atoms with E-state index in [-0.39, 0.29) is 29.5 Å². The highest BCUT2D eigenvalue weighted by atomic mass is 16.2. The van der Waals surface area contributed by atoms with Crippen molar-refractivity contribution < 1.29 is 13.7 Å². The normalized spacial score (nSPS) is 18.4. The number of rotatable bonds is 5. The van der Waals surface area contributed by atoms with Gasteiger partial charge in [-0.2, -0.15) is 0 Å². The lowest BCUT2D eigenvalue weighted by Gasteiger charge is -2.33. The van der Waals surface area contributed by atoms with Gasteiger partial charge < -0.3 is 9.13 Å². The number of likely N-dealkylation sites (tertiary alicyclic amines) is 1. The zero-order chi connectivity index (χ0) is 29.1. The van der Waals surface area contributed by atoms with Gasteiger partial charge in [0.2, 0.25) is 0 Å². The van der Waals surface area contributed by atoms with Gasteiger partial charge >= 0.3 is 0 Å². The maximum Gasteiger partial charge on any atom is 0.259 e. The number of hydrogen-bond acceptors (Lipinski definition) is 4. The van der Waals surface area contributed by atoms with E-state index >= 15 is 0 Å². The van der Waals surface area contributed by atoms with Crippen molar-refractivity contribution in [3.63, 3.8) is 0 Å². The number of para-hydroxylation sites is 2. The van der Waals surface area contributed by atoms with Crippen molar-refractivity contribution in [2.45, 2.75) is 25.4 Å². The van der Waals surface area contributed by atoms with Crippen LogP contribution in [-0.4, -0.2) is 43.9 Å². The van der Waals surface area contributed by atoms with Gasteiger partial charge in [0.1, 0.15) is 0 Å². The molecule has 1 saturated heterocycles. The third-order valence-corrected chi connectivity index (χ3v) is 7.89. The fraction of sp³-hybridized carbons (Fsp3) is 0.219. The minimum atomic E-state index is -0.779. The smallest absolute Gasteiger partial charge is 0.259 e. The molecule has 0 bridgehead atoms. The van der Waals surface area contributed by atoms with E-state index in [0.717, 1.165) is 49.2 Å². The van der Waals surface area contributed by atoms with E-state index in [1.165, 1.54) is 0 Å². The molecule has 7 nitrogen and oxygen atoms in total. The Kier molecular flexibility index (Phi) is 4.91. The summed E-state index contributed by atoms with van der Waals surface area (Å²) in [7, 11) is 1.75. The predicted molar refractivity (Wildman–Crippen MR) is 153 cm³/mol. The molecule has 1 fully saturated rings. The standard InChI is InChI=1S/C32H29N5O2/c1-35-19-25(23-9-2-4-11-27(23)35)29-30(32(39)34-31(29)38)26-20-37(28-12-5-3-10-24(26)28)22-13-16-36(17-14-22)18-21-8-6-7-15-33-21/h2-12,15,19-20,22H,13-14,16-18H2,1H3,(H,34,38,39)/i19D,20D/hD. The Morgan fingerprint density at radius 2 is 1.49 bits per heavy atom. The van der Waals surface area contributed by atoms with Crippen LogP contribution in [0.15, 0.2) is 85.3 Å². The van der Waals surface area contributed by atoms with Crippen LogP contribution in [0.3, 0.4) is 0 Å². The maximum atomic E-state index is 13.6. The van der Waals surface area contributed by atoms with Crippen LogP contribution in [0.1, 0.15) is 38.4 Å². The third-order valence-electron chi connectivity index (χ3n) is 7.89. The molecular formula is C32H29N5O2. The molecule has 1 N–H and O–H groups in total. The number of pyridine rings is 1. The highest BCUT2D eigenvalue weighted by molar-refractivity contribution is 6.50. The molecule has 5 heterocycles. The fourth-order valence-corrected chi connectivity index (χ4v) is 6.01. The van der Waals surface area contributed by atoms with Crippen molar-refractivity contribution in [2.75, 3.05) is 13.1 Å². The molecule has 0 saturated carbocycles. The number of carbonyl (C=O) groups is 2. The summed E-state index contributed by atoms with van der Waals surface area (Å²) in [5.41, 5.74) is 3.29. The van der Waals surface area contributed by atoms with Crippen LogP contribution in [0.5, 0.6) is 0 Å². The van der Waals surface area contributed by atoms with Crippen molar-refractivity contribution in [3.05, 3.63) is 102 Å². The molecule has 0 unspecified atom stereocenters. The van der Waals surface area contributed by atoms with Crippen molar-refractivity contribution in [3.8, 4) is 0 Å². The van der Waals surface area contributed by atoms with Gasteiger partial charge in [-0.15, -0.1) is 0 Å². The number of aromatic nitrogens is 3. The van der Waals surface area contributed by atoms with Crippen LogP contribution in [0.25, 0.3) is 33.0 Å². The van der Waals surface area contributed by atoms with Crippen LogP contribution >= 0.6 is 0 Å². The number of nitrogens with one attached hydrogen (secondary N) is 1. The number of hydrogen-bond donors (Lipinski definition) is 1. The average Bonchev–Trinajstić information content (AvgIpc) is 3.53. The zero-order valence-corrected chi connectivity index (χ0v) is 21.6. The number of aryl methyl sites for hydroxylation is 1. The molecule has 0 spiro atoms. The molecule has 2 aromatic carbocycles. The number of benzene rings is 2. The monoisotopic (exact) mass is 518 g/mol. The van der Waals surface area contributed by atoms with Gasteiger partial charge in [0, 0.05) is 84.2 Å². The first kappa shape index (κ1) is 20.5. The van der Waals surface area contributed by atoms with Crippen LogP contribution in [0.4, 0.5) is 0 Å². The summed E-state index contributed by atoms with van der Waals surface area (Å²) in [5.74, 6) is -1.55. The van der Waals surface area contributed by atoms with Gasteiger partial charge in [0.05, 0.1) is 19.6 Å². The Balaban J connectivity index is 1.36. The molecule has 7 heteroatoms. The first-order valence-electron chi connectivity index (χ1n) is 14.7. The summed E-state index contributed by atoms with van der Waals surface area (Å²) in [6.07, 6.45) is 3.67. The van der Waals surface area contributed by atoms with E-state index in [0.29, 0.717) is 27.2 Å². The summed E-state index contributed by atoms with van der Waals surface area (Å²) in [5, 5.41) is 1.71. The number of fused-ring (bicyclic) bond motifs is 2.